The first-order valence-corrected chi connectivity index (χ1v) is 6.25. The highest BCUT2D eigenvalue weighted by Gasteiger charge is 2.13. The fourth-order valence-corrected chi connectivity index (χ4v) is 1.85. The Morgan fingerprint density at radius 3 is 2.19 bits per heavy atom. The second-order valence-electron chi connectivity index (χ2n) is 4.25. The van der Waals surface area contributed by atoms with Gasteiger partial charge in [-0.3, -0.25) is 4.79 Å². The van der Waals surface area contributed by atoms with Crippen molar-refractivity contribution in [2.45, 2.75) is 0 Å². The second kappa shape index (κ2) is 5.84. The number of rotatable bonds is 4. The van der Waals surface area contributed by atoms with Crippen LogP contribution in [0.3, 0.4) is 0 Å². The number of anilines is 2. The lowest BCUT2D eigenvalue weighted by atomic mass is 10.1. The summed E-state index contributed by atoms with van der Waals surface area (Å²) in [5.74, 6) is -2.33. The van der Waals surface area contributed by atoms with Gasteiger partial charge in [0.05, 0.1) is 0 Å². The van der Waals surface area contributed by atoms with E-state index in [9.17, 15) is 13.6 Å². The highest BCUT2D eigenvalue weighted by molar-refractivity contribution is 7.80. The van der Waals surface area contributed by atoms with Gasteiger partial charge in [0.2, 0.25) is 5.91 Å². The minimum absolute atomic E-state index is 0.0939. The number of primary amides is 1. The Morgan fingerprint density at radius 1 is 1.05 bits per heavy atom. The van der Waals surface area contributed by atoms with Crippen molar-refractivity contribution in [2.24, 2.45) is 11.5 Å². The minimum Gasteiger partial charge on any atom is -0.389 e. The number of halogens is 2. The van der Waals surface area contributed by atoms with Gasteiger partial charge in [0.15, 0.2) is 0 Å². The summed E-state index contributed by atoms with van der Waals surface area (Å²) in [6.07, 6.45) is 0. The summed E-state index contributed by atoms with van der Waals surface area (Å²) in [6, 6.07) is 8.05. The van der Waals surface area contributed by atoms with Crippen LogP contribution in [0.5, 0.6) is 0 Å². The Balaban J connectivity index is 2.38. The van der Waals surface area contributed by atoms with Crippen LogP contribution in [-0.2, 0) is 0 Å². The molecule has 2 rings (SSSR count). The van der Waals surface area contributed by atoms with E-state index in [-0.39, 0.29) is 21.8 Å². The van der Waals surface area contributed by atoms with Crippen molar-refractivity contribution in [1.82, 2.24) is 0 Å². The van der Waals surface area contributed by atoms with E-state index in [1.165, 1.54) is 12.1 Å². The Bertz CT molecular complexity index is 711. The molecule has 0 aliphatic rings. The lowest BCUT2D eigenvalue weighted by molar-refractivity contribution is 0.100. The van der Waals surface area contributed by atoms with E-state index < -0.39 is 17.5 Å². The fourth-order valence-electron chi connectivity index (χ4n) is 1.73. The van der Waals surface area contributed by atoms with Crippen LogP contribution in [0.1, 0.15) is 15.9 Å². The fraction of sp³-hybridized carbons (Fsp3) is 0. The van der Waals surface area contributed by atoms with Crippen molar-refractivity contribution in [3.63, 3.8) is 0 Å². The maximum atomic E-state index is 13.9. The summed E-state index contributed by atoms with van der Waals surface area (Å²) in [4.78, 5) is 11.0. The Labute approximate surface area is 124 Å². The van der Waals surface area contributed by atoms with Gasteiger partial charge in [0.25, 0.3) is 0 Å². The van der Waals surface area contributed by atoms with Gasteiger partial charge < -0.3 is 16.8 Å². The molecule has 0 aliphatic heterocycles. The molecule has 7 heteroatoms. The third kappa shape index (κ3) is 3.32. The smallest absolute Gasteiger partial charge is 0.248 e. The van der Waals surface area contributed by atoms with Gasteiger partial charge in [0.1, 0.15) is 22.3 Å². The molecule has 0 saturated heterocycles. The number of amides is 1. The minimum atomic E-state index is -0.845. The number of benzene rings is 2. The van der Waals surface area contributed by atoms with Crippen LogP contribution in [0.4, 0.5) is 20.2 Å². The molecule has 4 nitrogen and oxygen atoms in total. The average Bonchev–Trinajstić information content (AvgIpc) is 2.42. The molecule has 0 saturated carbocycles. The summed E-state index contributed by atoms with van der Waals surface area (Å²) >= 11 is 4.67. The number of nitrogens with one attached hydrogen (secondary N) is 1. The van der Waals surface area contributed by atoms with Gasteiger partial charge in [-0.1, -0.05) is 18.3 Å². The van der Waals surface area contributed by atoms with Crippen LogP contribution >= 0.6 is 12.2 Å². The second-order valence-corrected chi connectivity index (χ2v) is 4.69. The third-order valence-electron chi connectivity index (χ3n) is 2.74. The molecule has 108 valence electrons. The maximum absolute atomic E-state index is 13.9. The molecular weight excluding hydrogens is 296 g/mol. The van der Waals surface area contributed by atoms with Gasteiger partial charge in [-0.15, -0.1) is 0 Å². The van der Waals surface area contributed by atoms with E-state index in [1.807, 2.05) is 0 Å². The lowest BCUT2D eigenvalue weighted by Gasteiger charge is -2.11. The van der Waals surface area contributed by atoms with Gasteiger partial charge in [0, 0.05) is 16.8 Å². The molecule has 0 unspecified atom stereocenters. The van der Waals surface area contributed by atoms with Crippen molar-refractivity contribution in [2.75, 3.05) is 5.32 Å². The van der Waals surface area contributed by atoms with Crippen molar-refractivity contribution >= 4 is 34.5 Å². The first kappa shape index (κ1) is 14.9. The van der Waals surface area contributed by atoms with Crippen molar-refractivity contribution in [3.8, 4) is 0 Å². The summed E-state index contributed by atoms with van der Waals surface area (Å²) in [7, 11) is 0. The molecule has 21 heavy (non-hydrogen) atoms. The number of carbonyl (C=O) groups excluding carboxylic acids is 1. The molecule has 0 radical (unpaired) electrons. The summed E-state index contributed by atoms with van der Waals surface area (Å²) in [6.45, 7) is 0. The number of carbonyl (C=O) groups is 1. The van der Waals surface area contributed by atoms with E-state index in [0.717, 1.165) is 12.1 Å². The van der Waals surface area contributed by atoms with Crippen LogP contribution in [0, 0.1) is 11.6 Å². The number of hydrogen-bond donors (Lipinski definition) is 3. The van der Waals surface area contributed by atoms with E-state index in [1.54, 1.807) is 12.1 Å². The third-order valence-corrected chi connectivity index (χ3v) is 2.98. The Kier molecular flexibility index (Phi) is 4.13. The highest BCUT2D eigenvalue weighted by Crippen LogP contribution is 2.25. The molecular formula is C14H11F2N3OS. The molecule has 2 aromatic carbocycles. The number of thiocarbonyl (C=S) groups is 1. The lowest BCUT2D eigenvalue weighted by Crippen LogP contribution is -2.12. The van der Waals surface area contributed by atoms with Crippen molar-refractivity contribution in [1.29, 1.82) is 0 Å². The zero-order chi connectivity index (χ0) is 15.6. The van der Waals surface area contributed by atoms with Crippen LogP contribution in [0.15, 0.2) is 36.4 Å². The SMILES string of the molecule is NC(=O)c1cccc(Nc2c(F)cc(C(N)=S)cc2F)c1. The maximum Gasteiger partial charge on any atom is 0.248 e. The molecule has 0 fully saturated rings. The molecule has 1 amide bonds. The first-order valence-electron chi connectivity index (χ1n) is 5.84. The van der Waals surface area contributed by atoms with E-state index >= 15 is 0 Å². The van der Waals surface area contributed by atoms with Crippen LogP contribution < -0.4 is 16.8 Å². The zero-order valence-corrected chi connectivity index (χ0v) is 11.5. The summed E-state index contributed by atoms with van der Waals surface area (Å²) in [5, 5.41) is 2.56. The molecule has 0 aliphatic carbocycles. The number of nitrogens with two attached hydrogens (primary N) is 2. The quantitative estimate of drug-likeness (QED) is 0.758. The molecule has 0 spiro atoms. The van der Waals surface area contributed by atoms with Crippen molar-refractivity contribution in [3.05, 3.63) is 59.2 Å². The first-order chi connectivity index (χ1) is 9.88. The molecule has 0 bridgehead atoms. The van der Waals surface area contributed by atoms with E-state index in [2.05, 4.69) is 17.5 Å². The van der Waals surface area contributed by atoms with E-state index in [4.69, 9.17) is 11.5 Å². The predicted molar refractivity (Wildman–Crippen MR) is 80.5 cm³/mol. The van der Waals surface area contributed by atoms with Gasteiger partial charge in [-0.05, 0) is 30.3 Å². The summed E-state index contributed by atoms with van der Waals surface area (Å²) < 4.78 is 27.8. The normalized spacial score (nSPS) is 10.2. The van der Waals surface area contributed by atoms with Crippen molar-refractivity contribution < 1.29 is 13.6 Å². The van der Waals surface area contributed by atoms with Gasteiger partial charge in [-0.25, -0.2) is 8.78 Å². The monoisotopic (exact) mass is 307 g/mol. The van der Waals surface area contributed by atoms with Crippen LogP contribution in [0.2, 0.25) is 0 Å². The number of hydrogen-bond acceptors (Lipinski definition) is 3. The van der Waals surface area contributed by atoms with Gasteiger partial charge in [-0.2, -0.15) is 0 Å². The topological polar surface area (TPSA) is 81.1 Å². The Hall–Kier alpha value is -2.54. The zero-order valence-electron chi connectivity index (χ0n) is 10.7. The highest BCUT2D eigenvalue weighted by atomic mass is 32.1. The predicted octanol–water partition coefficient (Wildman–Crippen LogP) is 2.44. The standard InChI is InChI=1S/C14H11F2N3OS/c15-10-5-8(14(18)21)6-11(16)12(10)19-9-3-1-2-7(4-9)13(17)20/h1-6,19H,(H2,17,20)(H2,18,21). The van der Waals surface area contributed by atoms with E-state index in [0.29, 0.717) is 5.69 Å². The van der Waals surface area contributed by atoms with Crippen LogP contribution in [-0.4, -0.2) is 10.9 Å². The molecule has 0 aromatic heterocycles. The molecule has 0 heterocycles. The molecule has 5 N–H and O–H groups in total. The average molecular weight is 307 g/mol. The van der Waals surface area contributed by atoms with Crippen LogP contribution in [0.25, 0.3) is 0 Å². The van der Waals surface area contributed by atoms with Gasteiger partial charge >= 0.3 is 0 Å². The molecule has 0 atom stereocenters. The summed E-state index contributed by atoms with van der Waals surface area (Å²) in [5.41, 5.74) is 10.8. The molecule has 2 aromatic rings. The Morgan fingerprint density at radius 2 is 1.67 bits per heavy atom. The largest absolute Gasteiger partial charge is 0.389 e.